The fourth-order valence-corrected chi connectivity index (χ4v) is 3.85. The highest BCUT2D eigenvalue weighted by atomic mass is 32.1. The molecule has 1 aliphatic heterocycles. The van der Waals surface area contributed by atoms with Gasteiger partial charge in [0.05, 0.1) is 16.7 Å². The molecule has 1 aliphatic rings. The lowest BCUT2D eigenvalue weighted by Crippen LogP contribution is -2.43. The molecular weight excluding hydrogens is 322 g/mol. The van der Waals surface area contributed by atoms with Gasteiger partial charge < -0.3 is 14.6 Å². The summed E-state index contributed by atoms with van der Waals surface area (Å²) in [6.07, 6.45) is 3.74. The Balaban J connectivity index is 1.53. The minimum atomic E-state index is 0.0197. The molecule has 0 aliphatic carbocycles. The quantitative estimate of drug-likeness (QED) is 0.881. The first-order chi connectivity index (χ1) is 11.5. The Morgan fingerprint density at radius 3 is 3.00 bits per heavy atom. The largest absolute Gasteiger partial charge is 0.466 e. The van der Waals surface area contributed by atoms with Crippen LogP contribution < -0.4 is 5.32 Å². The van der Waals surface area contributed by atoms with Crippen molar-refractivity contribution in [3.05, 3.63) is 39.7 Å². The predicted octanol–water partition coefficient (Wildman–Crippen LogP) is 4.22. The summed E-state index contributed by atoms with van der Waals surface area (Å²) in [5, 5.41) is 6.26. The van der Waals surface area contributed by atoms with Gasteiger partial charge in [0.2, 0.25) is 0 Å². The normalized spacial score (nSPS) is 18.8. The van der Waals surface area contributed by atoms with Gasteiger partial charge >= 0.3 is 6.03 Å². The number of nitrogens with one attached hydrogen (secondary N) is 1. The summed E-state index contributed by atoms with van der Waals surface area (Å²) >= 11 is 1.65. The van der Waals surface area contributed by atoms with Gasteiger partial charge in [0.25, 0.3) is 0 Å². The molecule has 2 amide bonds. The Bertz CT molecular complexity index is 694. The van der Waals surface area contributed by atoms with Crippen molar-refractivity contribution in [3.8, 4) is 0 Å². The van der Waals surface area contributed by atoms with E-state index < -0.39 is 0 Å². The summed E-state index contributed by atoms with van der Waals surface area (Å²) in [5.74, 6) is 1.91. The summed E-state index contributed by atoms with van der Waals surface area (Å²) in [7, 11) is 0. The second kappa shape index (κ2) is 7.38. The summed E-state index contributed by atoms with van der Waals surface area (Å²) in [4.78, 5) is 19.1. The number of thiazole rings is 1. The van der Waals surface area contributed by atoms with Crippen molar-refractivity contribution in [2.24, 2.45) is 0 Å². The van der Waals surface area contributed by atoms with Crippen LogP contribution in [0.3, 0.4) is 0 Å². The van der Waals surface area contributed by atoms with E-state index in [1.54, 1.807) is 11.3 Å². The molecule has 0 saturated carbocycles. The van der Waals surface area contributed by atoms with Gasteiger partial charge in [-0.3, -0.25) is 0 Å². The average molecular weight is 347 g/mol. The molecule has 0 radical (unpaired) electrons. The number of aromatic nitrogens is 1. The highest BCUT2D eigenvalue weighted by Gasteiger charge is 2.31. The third-order valence-electron chi connectivity index (χ3n) is 4.48. The Morgan fingerprint density at radius 2 is 2.33 bits per heavy atom. The number of urea groups is 1. The maximum Gasteiger partial charge on any atom is 0.318 e. The van der Waals surface area contributed by atoms with Gasteiger partial charge in [-0.25, -0.2) is 9.78 Å². The van der Waals surface area contributed by atoms with Crippen LogP contribution in [-0.4, -0.2) is 28.5 Å². The van der Waals surface area contributed by atoms with Gasteiger partial charge in [0.1, 0.15) is 11.5 Å². The molecule has 3 heterocycles. The number of aryl methyl sites for hydroxylation is 3. The zero-order valence-corrected chi connectivity index (χ0v) is 15.4. The van der Waals surface area contributed by atoms with Gasteiger partial charge in [-0.05, 0) is 52.2 Å². The molecular formula is C18H25N3O2S. The second-order valence-electron chi connectivity index (χ2n) is 6.54. The monoisotopic (exact) mass is 347 g/mol. The van der Waals surface area contributed by atoms with Gasteiger partial charge in [0, 0.05) is 24.4 Å². The molecule has 1 saturated heterocycles. The van der Waals surface area contributed by atoms with Crippen molar-refractivity contribution in [2.45, 2.75) is 58.5 Å². The maximum absolute atomic E-state index is 12.6. The Hall–Kier alpha value is -1.82. The lowest BCUT2D eigenvalue weighted by molar-refractivity contribution is 0.188. The van der Waals surface area contributed by atoms with Crippen LogP contribution in [0.5, 0.6) is 0 Å². The molecule has 0 aromatic carbocycles. The smallest absolute Gasteiger partial charge is 0.318 e. The first-order valence-corrected chi connectivity index (χ1v) is 9.45. The van der Waals surface area contributed by atoms with E-state index in [0.717, 1.165) is 54.5 Å². The number of nitrogens with zero attached hydrogens (tertiary/aromatic N) is 2. The van der Waals surface area contributed by atoms with Crippen LogP contribution in [0, 0.1) is 13.8 Å². The molecule has 130 valence electrons. The van der Waals surface area contributed by atoms with Crippen molar-refractivity contribution in [1.82, 2.24) is 15.2 Å². The summed E-state index contributed by atoms with van der Waals surface area (Å²) < 4.78 is 5.59. The van der Waals surface area contributed by atoms with Gasteiger partial charge in [0.15, 0.2) is 0 Å². The molecule has 5 nitrogen and oxygen atoms in total. The molecule has 2 atom stereocenters. The number of amides is 2. The Morgan fingerprint density at radius 1 is 1.50 bits per heavy atom. The minimum absolute atomic E-state index is 0.0197. The molecule has 2 aromatic rings. The van der Waals surface area contributed by atoms with Crippen LogP contribution in [0.4, 0.5) is 4.79 Å². The highest BCUT2D eigenvalue weighted by molar-refractivity contribution is 7.09. The molecule has 3 rings (SSSR count). The van der Waals surface area contributed by atoms with E-state index in [9.17, 15) is 4.79 Å². The highest BCUT2D eigenvalue weighted by Crippen LogP contribution is 2.32. The number of hydrogen-bond acceptors (Lipinski definition) is 4. The first kappa shape index (κ1) is 17.0. The van der Waals surface area contributed by atoms with Crippen molar-refractivity contribution in [1.29, 1.82) is 0 Å². The standard InChI is InChI=1S/C18H25N3O2S/c1-12(6-8-15-9-7-13(2)23-15)19-18(22)21-10-4-5-17(21)16-11-24-14(3)20-16/h7,9,11-12,17H,4-6,8,10H2,1-3H3,(H,19,22)/t12-,17+/m1/s1. The minimum Gasteiger partial charge on any atom is -0.466 e. The SMILES string of the molecule is Cc1ccc(CC[C@@H](C)NC(=O)N2CCC[C@H]2c2csc(C)n2)o1. The van der Waals surface area contributed by atoms with E-state index in [0.29, 0.717) is 0 Å². The van der Waals surface area contributed by atoms with Crippen molar-refractivity contribution in [2.75, 3.05) is 6.54 Å². The van der Waals surface area contributed by atoms with Crippen LogP contribution in [0.25, 0.3) is 0 Å². The van der Waals surface area contributed by atoms with Crippen molar-refractivity contribution < 1.29 is 9.21 Å². The van der Waals surface area contributed by atoms with Gasteiger partial charge in [-0.15, -0.1) is 11.3 Å². The Kier molecular flexibility index (Phi) is 5.23. The van der Waals surface area contributed by atoms with E-state index in [1.807, 2.05) is 37.8 Å². The van der Waals surface area contributed by atoms with Crippen LogP contribution in [0.2, 0.25) is 0 Å². The van der Waals surface area contributed by atoms with Crippen LogP contribution in [0.1, 0.15) is 54.5 Å². The number of carbonyl (C=O) groups is 1. The molecule has 6 heteroatoms. The third-order valence-corrected chi connectivity index (χ3v) is 5.27. The molecule has 0 bridgehead atoms. The van der Waals surface area contributed by atoms with E-state index in [-0.39, 0.29) is 18.1 Å². The molecule has 24 heavy (non-hydrogen) atoms. The molecule has 0 unspecified atom stereocenters. The summed E-state index contributed by atoms with van der Waals surface area (Å²) in [5.41, 5.74) is 1.03. The van der Waals surface area contributed by atoms with E-state index in [1.165, 1.54) is 0 Å². The van der Waals surface area contributed by atoms with Crippen LogP contribution in [-0.2, 0) is 6.42 Å². The third kappa shape index (κ3) is 3.98. The summed E-state index contributed by atoms with van der Waals surface area (Å²) in [6, 6.07) is 4.23. The predicted molar refractivity (Wildman–Crippen MR) is 95.3 cm³/mol. The zero-order valence-electron chi connectivity index (χ0n) is 14.5. The van der Waals surface area contributed by atoms with E-state index in [2.05, 4.69) is 15.7 Å². The lowest BCUT2D eigenvalue weighted by atomic mass is 10.1. The van der Waals surface area contributed by atoms with Gasteiger partial charge in [-0.1, -0.05) is 0 Å². The fourth-order valence-electron chi connectivity index (χ4n) is 3.19. The molecule has 1 N–H and O–H groups in total. The fraction of sp³-hybridized carbons (Fsp3) is 0.556. The topological polar surface area (TPSA) is 58.4 Å². The first-order valence-electron chi connectivity index (χ1n) is 8.57. The van der Waals surface area contributed by atoms with E-state index in [4.69, 9.17) is 4.42 Å². The maximum atomic E-state index is 12.6. The van der Waals surface area contributed by atoms with E-state index >= 15 is 0 Å². The Labute approximate surface area is 147 Å². The summed E-state index contributed by atoms with van der Waals surface area (Å²) in [6.45, 7) is 6.80. The number of hydrogen-bond donors (Lipinski definition) is 1. The molecule has 1 fully saturated rings. The van der Waals surface area contributed by atoms with Crippen molar-refractivity contribution in [3.63, 3.8) is 0 Å². The average Bonchev–Trinajstić information content (AvgIpc) is 3.25. The number of likely N-dealkylation sites (tertiary alicyclic amines) is 1. The number of furan rings is 1. The number of rotatable bonds is 5. The van der Waals surface area contributed by atoms with Gasteiger partial charge in [-0.2, -0.15) is 0 Å². The van der Waals surface area contributed by atoms with Crippen LogP contribution in [0.15, 0.2) is 21.9 Å². The number of carbonyl (C=O) groups excluding carboxylic acids is 1. The van der Waals surface area contributed by atoms with Crippen LogP contribution >= 0.6 is 11.3 Å². The molecule has 2 aromatic heterocycles. The van der Waals surface area contributed by atoms with Crippen molar-refractivity contribution >= 4 is 17.4 Å². The lowest BCUT2D eigenvalue weighted by Gasteiger charge is -2.25. The zero-order chi connectivity index (χ0) is 17.1. The second-order valence-corrected chi connectivity index (χ2v) is 7.61. The molecule has 0 spiro atoms.